The van der Waals surface area contributed by atoms with E-state index in [2.05, 4.69) is 5.32 Å². The van der Waals surface area contributed by atoms with E-state index in [9.17, 15) is 14.4 Å². The van der Waals surface area contributed by atoms with Crippen molar-refractivity contribution in [3.63, 3.8) is 0 Å². The van der Waals surface area contributed by atoms with E-state index in [1.165, 1.54) is 0 Å². The Morgan fingerprint density at radius 2 is 1.89 bits per heavy atom. The quantitative estimate of drug-likeness (QED) is 0.754. The number of aryl methyl sites for hydroxylation is 1. The van der Waals surface area contributed by atoms with Crippen LogP contribution >= 0.6 is 0 Å². The van der Waals surface area contributed by atoms with Gasteiger partial charge in [0.15, 0.2) is 11.7 Å². The Balaban J connectivity index is 1.98. The van der Waals surface area contributed by atoms with Crippen LogP contribution in [-0.2, 0) is 20.8 Å². The van der Waals surface area contributed by atoms with Gasteiger partial charge in [-0.05, 0) is 18.4 Å². The highest BCUT2D eigenvalue weighted by Crippen LogP contribution is 2.16. The first-order valence-corrected chi connectivity index (χ1v) is 5.70. The van der Waals surface area contributed by atoms with Crippen molar-refractivity contribution in [2.24, 2.45) is 5.92 Å². The number of benzene rings is 1. The molecule has 0 saturated carbocycles. The lowest BCUT2D eigenvalue weighted by molar-refractivity contribution is -0.148. The Kier molecular flexibility index (Phi) is 3.41. The summed E-state index contributed by atoms with van der Waals surface area (Å²) in [5.74, 6) is -4.15. The second kappa shape index (κ2) is 5.00. The number of rotatable bonds is 4. The topological polar surface area (TPSA) is 83.5 Å². The molecule has 1 aliphatic rings. The van der Waals surface area contributed by atoms with Crippen LogP contribution in [0.5, 0.6) is 0 Å². The Bertz CT molecular complexity index is 483. The van der Waals surface area contributed by atoms with E-state index in [0.717, 1.165) is 5.56 Å². The van der Waals surface area contributed by atoms with Gasteiger partial charge < -0.3 is 10.4 Å². The summed E-state index contributed by atoms with van der Waals surface area (Å²) in [6.07, 6.45) is 1.06. The fourth-order valence-electron chi connectivity index (χ4n) is 2.06. The Hall–Kier alpha value is -2.17. The van der Waals surface area contributed by atoms with Gasteiger partial charge in [0.05, 0.1) is 6.04 Å². The number of ketones is 1. The van der Waals surface area contributed by atoms with E-state index in [1.54, 1.807) is 0 Å². The molecule has 2 rings (SSSR count). The molecule has 0 bridgehead atoms. The number of Topliss-reactive ketones (excluding diaryl/α,β-unsaturated/α-hetero) is 1. The molecule has 5 nitrogen and oxygen atoms in total. The Labute approximate surface area is 104 Å². The minimum atomic E-state index is -1.54. The molecule has 5 heteroatoms. The molecule has 0 radical (unpaired) electrons. The van der Waals surface area contributed by atoms with Crippen LogP contribution in [0, 0.1) is 5.92 Å². The van der Waals surface area contributed by atoms with Gasteiger partial charge in [0.2, 0.25) is 5.91 Å². The molecule has 1 heterocycles. The molecule has 2 unspecified atom stereocenters. The molecule has 1 aromatic carbocycles. The summed E-state index contributed by atoms with van der Waals surface area (Å²) in [6, 6.07) is 8.85. The summed E-state index contributed by atoms with van der Waals surface area (Å²) in [6.45, 7) is 0. The predicted molar refractivity (Wildman–Crippen MR) is 62.8 cm³/mol. The standard InChI is InChI=1S/C13H13NO4/c15-11-9(14-12(16)10(11)13(17)18)7-6-8-4-2-1-3-5-8/h1-5,9-10H,6-7H2,(H,14,16)(H,17,18). The number of nitrogens with one attached hydrogen (secondary N) is 1. The zero-order valence-corrected chi connectivity index (χ0v) is 9.63. The molecule has 1 amide bonds. The van der Waals surface area contributed by atoms with Crippen LogP contribution in [0.4, 0.5) is 0 Å². The van der Waals surface area contributed by atoms with Gasteiger partial charge >= 0.3 is 5.97 Å². The molecular weight excluding hydrogens is 234 g/mol. The van der Waals surface area contributed by atoms with Crippen molar-refractivity contribution >= 4 is 17.7 Å². The third kappa shape index (κ3) is 2.40. The van der Waals surface area contributed by atoms with Gasteiger partial charge in [0.1, 0.15) is 0 Å². The van der Waals surface area contributed by atoms with Crippen LogP contribution in [-0.4, -0.2) is 28.8 Å². The molecule has 0 aromatic heterocycles. The van der Waals surface area contributed by atoms with Crippen LogP contribution in [0.1, 0.15) is 12.0 Å². The summed E-state index contributed by atoms with van der Waals surface area (Å²) >= 11 is 0. The lowest BCUT2D eigenvalue weighted by Gasteiger charge is -2.08. The summed E-state index contributed by atoms with van der Waals surface area (Å²) in [7, 11) is 0. The number of carbonyl (C=O) groups excluding carboxylic acids is 2. The zero-order valence-electron chi connectivity index (χ0n) is 9.63. The van der Waals surface area contributed by atoms with Crippen molar-refractivity contribution in [2.75, 3.05) is 0 Å². The van der Waals surface area contributed by atoms with E-state index < -0.39 is 29.6 Å². The minimum absolute atomic E-state index is 0.429. The molecular formula is C13H13NO4. The summed E-state index contributed by atoms with van der Waals surface area (Å²) in [5, 5.41) is 11.2. The molecule has 94 valence electrons. The van der Waals surface area contributed by atoms with Crippen LogP contribution in [0.25, 0.3) is 0 Å². The average Bonchev–Trinajstić information content (AvgIpc) is 2.63. The summed E-state index contributed by atoms with van der Waals surface area (Å²) in [5.41, 5.74) is 1.05. The number of aliphatic carboxylic acids is 1. The lowest BCUT2D eigenvalue weighted by Crippen LogP contribution is -2.29. The number of hydrogen-bond acceptors (Lipinski definition) is 3. The highest BCUT2D eigenvalue weighted by Gasteiger charge is 2.45. The molecule has 0 aliphatic carbocycles. The normalized spacial score (nSPS) is 22.9. The molecule has 1 aliphatic heterocycles. The molecule has 0 spiro atoms. The van der Waals surface area contributed by atoms with E-state index in [1.807, 2.05) is 30.3 Å². The van der Waals surface area contributed by atoms with Crippen molar-refractivity contribution in [2.45, 2.75) is 18.9 Å². The smallest absolute Gasteiger partial charge is 0.323 e. The van der Waals surface area contributed by atoms with Gasteiger partial charge in [-0.1, -0.05) is 30.3 Å². The third-order valence-corrected chi connectivity index (χ3v) is 3.02. The van der Waals surface area contributed by atoms with Crippen molar-refractivity contribution in [3.8, 4) is 0 Å². The second-order valence-corrected chi connectivity index (χ2v) is 4.26. The van der Waals surface area contributed by atoms with Gasteiger partial charge in [-0.2, -0.15) is 0 Å². The highest BCUT2D eigenvalue weighted by molar-refractivity contribution is 6.22. The van der Waals surface area contributed by atoms with E-state index in [-0.39, 0.29) is 0 Å². The highest BCUT2D eigenvalue weighted by atomic mass is 16.4. The molecule has 1 aromatic rings. The van der Waals surface area contributed by atoms with Crippen LogP contribution in [0.2, 0.25) is 0 Å². The molecule has 1 saturated heterocycles. The van der Waals surface area contributed by atoms with Gasteiger partial charge in [0.25, 0.3) is 0 Å². The summed E-state index contributed by atoms with van der Waals surface area (Å²) in [4.78, 5) is 33.8. The maximum absolute atomic E-state index is 11.7. The van der Waals surface area contributed by atoms with Crippen molar-refractivity contribution < 1.29 is 19.5 Å². The first-order chi connectivity index (χ1) is 8.59. The predicted octanol–water partition coefficient (Wildman–Crippen LogP) is 0.387. The van der Waals surface area contributed by atoms with Gasteiger partial charge in [-0.3, -0.25) is 14.4 Å². The minimum Gasteiger partial charge on any atom is -0.480 e. The summed E-state index contributed by atoms with van der Waals surface area (Å²) < 4.78 is 0. The van der Waals surface area contributed by atoms with Gasteiger partial charge in [-0.15, -0.1) is 0 Å². The van der Waals surface area contributed by atoms with Crippen molar-refractivity contribution in [1.29, 1.82) is 0 Å². The van der Waals surface area contributed by atoms with Gasteiger partial charge in [0, 0.05) is 0 Å². The second-order valence-electron chi connectivity index (χ2n) is 4.26. The number of hydrogen-bond donors (Lipinski definition) is 2. The molecule has 2 N–H and O–H groups in total. The average molecular weight is 247 g/mol. The van der Waals surface area contributed by atoms with Gasteiger partial charge in [-0.25, -0.2) is 0 Å². The Morgan fingerprint density at radius 3 is 2.44 bits per heavy atom. The first kappa shape index (κ1) is 12.3. The number of carbonyl (C=O) groups is 3. The van der Waals surface area contributed by atoms with Crippen molar-refractivity contribution in [3.05, 3.63) is 35.9 Å². The monoisotopic (exact) mass is 247 g/mol. The van der Waals surface area contributed by atoms with Crippen LogP contribution < -0.4 is 5.32 Å². The fourth-order valence-corrected chi connectivity index (χ4v) is 2.06. The molecule has 1 fully saturated rings. The van der Waals surface area contributed by atoms with E-state index >= 15 is 0 Å². The maximum Gasteiger partial charge on any atom is 0.323 e. The number of amides is 1. The van der Waals surface area contributed by atoms with Crippen LogP contribution in [0.3, 0.4) is 0 Å². The van der Waals surface area contributed by atoms with E-state index in [4.69, 9.17) is 5.11 Å². The van der Waals surface area contributed by atoms with E-state index in [0.29, 0.717) is 12.8 Å². The number of carboxylic acids is 1. The SMILES string of the molecule is O=C(O)C1C(=O)NC(CCc2ccccc2)C1=O. The largest absolute Gasteiger partial charge is 0.480 e. The lowest BCUT2D eigenvalue weighted by atomic mass is 9.98. The first-order valence-electron chi connectivity index (χ1n) is 5.70. The third-order valence-electron chi connectivity index (χ3n) is 3.02. The maximum atomic E-state index is 11.7. The zero-order chi connectivity index (χ0) is 13.1. The number of carboxylic acid groups (broad SMARTS) is 1. The van der Waals surface area contributed by atoms with Crippen molar-refractivity contribution in [1.82, 2.24) is 5.32 Å². The molecule has 18 heavy (non-hydrogen) atoms. The molecule has 2 atom stereocenters. The van der Waals surface area contributed by atoms with Crippen LogP contribution in [0.15, 0.2) is 30.3 Å². The fraction of sp³-hybridized carbons (Fsp3) is 0.308. The Morgan fingerprint density at radius 1 is 1.22 bits per heavy atom.